The summed E-state index contributed by atoms with van der Waals surface area (Å²) in [7, 11) is 0. The quantitative estimate of drug-likeness (QED) is 0.792. The second-order valence-electron chi connectivity index (χ2n) is 5.77. The van der Waals surface area contributed by atoms with Gasteiger partial charge in [0.05, 0.1) is 6.10 Å². The Morgan fingerprint density at radius 1 is 1.43 bits per heavy atom. The highest BCUT2D eigenvalue weighted by molar-refractivity contribution is 6.31. The van der Waals surface area contributed by atoms with E-state index in [2.05, 4.69) is 10.2 Å². The first kappa shape index (κ1) is 16.7. The van der Waals surface area contributed by atoms with Crippen LogP contribution in [0.5, 0.6) is 0 Å². The number of hydrogen-bond acceptors (Lipinski definition) is 3. The molecule has 0 bridgehead atoms. The predicted octanol–water partition coefficient (Wildman–Crippen LogP) is 2.98. The lowest BCUT2D eigenvalue weighted by molar-refractivity contribution is 0.0820. The van der Waals surface area contributed by atoms with Gasteiger partial charge in [-0.3, -0.25) is 0 Å². The van der Waals surface area contributed by atoms with Gasteiger partial charge < -0.3 is 15.3 Å². The number of benzene rings is 1. The Hall–Kier alpha value is -0.680. The minimum absolute atomic E-state index is 0.111. The normalized spacial score (nSPS) is 18.9. The van der Waals surface area contributed by atoms with E-state index in [1.54, 1.807) is 6.07 Å². The molecule has 0 radical (unpaired) electrons. The standard InChI is InChI=1S/C16H24ClFN2O/c1-12(15-4-3-13(18)11-16(15)17)19-7-2-8-20-9-5-14(21)6-10-20/h3-4,11-12,14,19,21H,2,5-10H2,1H3. The molecular weight excluding hydrogens is 291 g/mol. The van der Waals surface area contributed by atoms with Gasteiger partial charge in [0.1, 0.15) is 5.82 Å². The number of likely N-dealkylation sites (tertiary alicyclic amines) is 1. The molecule has 0 saturated carbocycles. The van der Waals surface area contributed by atoms with Gasteiger partial charge in [-0.2, -0.15) is 0 Å². The predicted molar refractivity (Wildman–Crippen MR) is 84.1 cm³/mol. The van der Waals surface area contributed by atoms with Gasteiger partial charge in [-0.25, -0.2) is 4.39 Å². The van der Waals surface area contributed by atoms with Crippen LogP contribution in [0.2, 0.25) is 5.02 Å². The van der Waals surface area contributed by atoms with Crippen molar-refractivity contribution in [3.63, 3.8) is 0 Å². The van der Waals surface area contributed by atoms with Gasteiger partial charge in [-0.1, -0.05) is 17.7 Å². The van der Waals surface area contributed by atoms with Gasteiger partial charge in [0.25, 0.3) is 0 Å². The summed E-state index contributed by atoms with van der Waals surface area (Å²) in [5.41, 5.74) is 0.930. The van der Waals surface area contributed by atoms with E-state index in [9.17, 15) is 9.50 Å². The molecule has 1 unspecified atom stereocenters. The maximum atomic E-state index is 13.0. The van der Waals surface area contributed by atoms with Gasteiger partial charge in [0.15, 0.2) is 0 Å². The van der Waals surface area contributed by atoms with Crippen LogP contribution in [-0.4, -0.2) is 42.3 Å². The van der Waals surface area contributed by atoms with E-state index in [4.69, 9.17) is 11.6 Å². The number of rotatable bonds is 6. The van der Waals surface area contributed by atoms with Crippen LogP contribution in [0.3, 0.4) is 0 Å². The first-order valence-electron chi connectivity index (χ1n) is 7.65. The highest BCUT2D eigenvalue weighted by Crippen LogP contribution is 2.23. The summed E-state index contributed by atoms with van der Waals surface area (Å²) in [5, 5.41) is 13.4. The van der Waals surface area contributed by atoms with E-state index >= 15 is 0 Å². The van der Waals surface area contributed by atoms with Crippen LogP contribution in [0.25, 0.3) is 0 Å². The van der Waals surface area contributed by atoms with Crippen LogP contribution in [0.4, 0.5) is 4.39 Å². The number of hydrogen-bond donors (Lipinski definition) is 2. The maximum absolute atomic E-state index is 13.0. The van der Waals surface area contributed by atoms with Crippen LogP contribution in [0, 0.1) is 5.82 Å². The van der Waals surface area contributed by atoms with E-state index in [1.807, 2.05) is 6.92 Å². The molecule has 5 heteroatoms. The van der Waals surface area contributed by atoms with Crippen molar-refractivity contribution >= 4 is 11.6 Å². The van der Waals surface area contributed by atoms with E-state index in [-0.39, 0.29) is 18.0 Å². The Morgan fingerprint density at radius 3 is 2.81 bits per heavy atom. The molecule has 2 N–H and O–H groups in total. The van der Waals surface area contributed by atoms with Crippen LogP contribution in [0.15, 0.2) is 18.2 Å². The third-order valence-electron chi connectivity index (χ3n) is 4.09. The lowest BCUT2D eigenvalue weighted by Gasteiger charge is -2.29. The molecule has 1 aliphatic rings. The number of piperidine rings is 1. The Labute approximate surface area is 131 Å². The molecule has 1 aromatic rings. The third-order valence-corrected chi connectivity index (χ3v) is 4.42. The number of halogens is 2. The summed E-state index contributed by atoms with van der Waals surface area (Å²) in [4.78, 5) is 2.39. The van der Waals surface area contributed by atoms with Gasteiger partial charge in [-0.15, -0.1) is 0 Å². The minimum Gasteiger partial charge on any atom is -0.393 e. The van der Waals surface area contributed by atoms with Gasteiger partial charge in [-0.05, 0) is 57.0 Å². The van der Waals surface area contributed by atoms with Crippen LogP contribution < -0.4 is 5.32 Å². The first-order chi connectivity index (χ1) is 10.1. The second kappa shape index (κ2) is 8.08. The van der Waals surface area contributed by atoms with Crippen molar-refractivity contribution in [1.82, 2.24) is 10.2 Å². The highest BCUT2D eigenvalue weighted by Gasteiger charge is 2.16. The molecule has 1 aliphatic heterocycles. The molecule has 0 spiro atoms. The summed E-state index contributed by atoms with van der Waals surface area (Å²) in [6.07, 6.45) is 2.71. The first-order valence-corrected chi connectivity index (χ1v) is 8.03. The Kier molecular flexibility index (Phi) is 6.42. The molecule has 3 nitrogen and oxygen atoms in total. The topological polar surface area (TPSA) is 35.5 Å². The Balaban J connectivity index is 1.68. The molecule has 1 atom stereocenters. The number of nitrogens with zero attached hydrogens (tertiary/aromatic N) is 1. The summed E-state index contributed by atoms with van der Waals surface area (Å²) in [5.74, 6) is -0.303. The molecule has 0 amide bonds. The van der Waals surface area contributed by atoms with Crippen LogP contribution in [0.1, 0.15) is 37.8 Å². The molecule has 0 aromatic heterocycles. The van der Waals surface area contributed by atoms with Gasteiger partial charge in [0.2, 0.25) is 0 Å². The zero-order valence-electron chi connectivity index (χ0n) is 12.5. The fourth-order valence-corrected chi connectivity index (χ4v) is 3.06. The van der Waals surface area contributed by atoms with E-state index in [1.165, 1.54) is 12.1 Å². The van der Waals surface area contributed by atoms with Gasteiger partial charge >= 0.3 is 0 Å². The van der Waals surface area contributed by atoms with E-state index in [0.717, 1.165) is 51.0 Å². The minimum atomic E-state index is -0.303. The fraction of sp³-hybridized carbons (Fsp3) is 0.625. The molecule has 1 heterocycles. The van der Waals surface area contributed by atoms with Crippen molar-refractivity contribution in [2.45, 2.75) is 38.3 Å². The Bertz CT molecular complexity index is 450. The van der Waals surface area contributed by atoms with Crippen molar-refractivity contribution in [3.8, 4) is 0 Å². The molecule has 1 saturated heterocycles. The summed E-state index contributed by atoms with van der Waals surface area (Å²) in [6.45, 7) is 5.95. The van der Waals surface area contributed by atoms with Gasteiger partial charge in [0, 0.05) is 24.2 Å². The van der Waals surface area contributed by atoms with Crippen molar-refractivity contribution in [1.29, 1.82) is 0 Å². The average Bonchev–Trinajstić information content (AvgIpc) is 2.45. The lowest BCUT2D eigenvalue weighted by Crippen LogP contribution is -2.37. The zero-order valence-corrected chi connectivity index (χ0v) is 13.2. The summed E-state index contributed by atoms with van der Waals surface area (Å²) in [6, 6.07) is 4.65. The fourth-order valence-electron chi connectivity index (χ4n) is 2.73. The van der Waals surface area contributed by atoms with Crippen molar-refractivity contribution in [3.05, 3.63) is 34.6 Å². The molecule has 1 fully saturated rings. The SMILES string of the molecule is CC(NCCCN1CCC(O)CC1)c1ccc(F)cc1Cl. The molecule has 0 aliphatic carbocycles. The number of nitrogens with one attached hydrogen (secondary N) is 1. The van der Waals surface area contributed by atoms with Crippen LogP contribution in [-0.2, 0) is 0 Å². The smallest absolute Gasteiger partial charge is 0.124 e. The van der Waals surface area contributed by atoms with E-state index in [0.29, 0.717) is 5.02 Å². The maximum Gasteiger partial charge on any atom is 0.124 e. The number of aliphatic hydroxyl groups excluding tert-OH is 1. The molecule has 2 rings (SSSR count). The monoisotopic (exact) mass is 314 g/mol. The van der Waals surface area contributed by atoms with Crippen molar-refractivity contribution in [2.75, 3.05) is 26.2 Å². The highest BCUT2D eigenvalue weighted by atomic mass is 35.5. The van der Waals surface area contributed by atoms with Crippen molar-refractivity contribution < 1.29 is 9.50 Å². The average molecular weight is 315 g/mol. The molecule has 118 valence electrons. The second-order valence-corrected chi connectivity index (χ2v) is 6.18. The summed E-state index contributed by atoms with van der Waals surface area (Å²) >= 11 is 6.06. The van der Waals surface area contributed by atoms with Crippen LogP contribution >= 0.6 is 11.6 Å². The third kappa shape index (κ3) is 5.22. The Morgan fingerprint density at radius 2 is 2.14 bits per heavy atom. The van der Waals surface area contributed by atoms with Crippen molar-refractivity contribution in [2.24, 2.45) is 0 Å². The zero-order chi connectivity index (χ0) is 15.2. The summed E-state index contributed by atoms with van der Waals surface area (Å²) < 4.78 is 13.0. The lowest BCUT2D eigenvalue weighted by atomic mass is 10.1. The molecular formula is C16H24ClFN2O. The largest absolute Gasteiger partial charge is 0.393 e. The number of aliphatic hydroxyl groups is 1. The van der Waals surface area contributed by atoms with E-state index < -0.39 is 0 Å². The molecule has 21 heavy (non-hydrogen) atoms. The molecule has 1 aromatic carbocycles.